The van der Waals surface area contributed by atoms with Gasteiger partial charge in [-0.15, -0.1) is 0 Å². The molecular weight excluding hydrogens is 554 g/mol. The van der Waals surface area contributed by atoms with Crippen LogP contribution in [-0.4, -0.2) is 71.1 Å². The number of piperidine rings is 1. The van der Waals surface area contributed by atoms with E-state index in [1.165, 1.54) is 40.8 Å². The Morgan fingerprint density at radius 1 is 1.07 bits per heavy atom. The van der Waals surface area contributed by atoms with Gasteiger partial charge in [-0.2, -0.15) is 0 Å². The number of likely N-dealkylation sites (tertiary alicyclic amines) is 2. The number of anilines is 1. The van der Waals surface area contributed by atoms with E-state index in [1.54, 1.807) is 6.92 Å². The van der Waals surface area contributed by atoms with Gasteiger partial charge in [-0.25, -0.2) is 17.6 Å². The molecule has 2 N–H and O–H groups in total. The Hall–Kier alpha value is -3.41. The Morgan fingerprint density at radius 3 is 2.38 bits per heavy atom. The van der Waals surface area contributed by atoms with E-state index in [1.807, 2.05) is 7.05 Å². The van der Waals surface area contributed by atoms with E-state index < -0.39 is 46.9 Å². The number of aromatic nitrogens is 1. The van der Waals surface area contributed by atoms with Gasteiger partial charge in [0.15, 0.2) is 5.67 Å². The Bertz CT molecular complexity index is 1420. The van der Waals surface area contributed by atoms with Crippen molar-refractivity contribution in [3.8, 4) is 0 Å². The van der Waals surface area contributed by atoms with E-state index in [-0.39, 0.29) is 48.7 Å². The molecule has 12 heteroatoms. The number of benzene rings is 1. The van der Waals surface area contributed by atoms with Crippen LogP contribution in [0.2, 0.25) is 0 Å². The fourth-order valence-corrected chi connectivity index (χ4v) is 5.97. The number of carbonyl (C=O) groups excluding carboxylic acids is 2. The maximum Gasteiger partial charge on any atom is 0.266 e. The largest absolute Gasteiger partial charge is 0.381 e. The third-order valence-corrected chi connectivity index (χ3v) is 8.88. The van der Waals surface area contributed by atoms with E-state index in [0.717, 1.165) is 32.0 Å². The molecular formula is C30H37F4N5O3. The average molecular weight is 592 g/mol. The molecule has 3 fully saturated rings. The zero-order valence-corrected chi connectivity index (χ0v) is 24.1. The number of nitrogens with zero attached hydrogens (tertiary/aromatic N) is 3. The van der Waals surface area contributed by atoms with E-state index in [2.05, 4.69) is 15.5 Å². The zero-order valence-electron chi connectivity index (χ0n) is 24.1. The number of carbonyl (C=O) groups is 2. The number of halogens is 4. The van der Waals surface area contributed by atoms with Crippen molar-refractivity contribution in [1.82, 2.24) is 19.7 Å². The molecule has 2 saturated heterocycles. The summed E-state index contributed by atoms with van der Waals surface area (Å²) in [6.45, 7) is 5.36. The molecule has 1 aromatic carbocycles. The molecule has 1 unspecified atom stereocenters. The lowest BCUT2D eigenvalue weighted by atomic mass is 9.99. The van der Waals surface area contributed by atoms with Gasteiger partial charge in [0.25, 0.3) is 23.8 Å². The van der Waals surface area contributed by atoms with Crippen LogP contribution in [0.15, 0.2) is 35.3 Å². The highest BCUT2D eigenvalue weighted by atomic mass is 19.3. The smallest absolute Gasteiger partial charge is 0.266 e. The molecule has 228 valence electrons. The molecule has 2 amide bonds. The summed E-state index contributed by atoms with van der Waals surface area (Å²) in [6, 6.07) is 4.06. The van der Waals surface area contributed by atoms with Gasteiger partial charge in [-0.05, 0) is 66.1 Å². The number of rotatable bonds is 8. The van der Waals surface area contributed by atoms with Crippen LogP contribution in [0.3, 0.4) is 0 Å². The van der Waals surface area contributed by atoms with Gasteiger partial charge < -0.3 is 25.0 Å². The fraction of sp³-hybridized carbons (Fsp3) is 0.567. The predicted octanol–water partition coefficient (Wildman–Crippen LogP) is 4.37. The number of nitrogens with one attached hydrogen (secondary N) is 2. The van der Waals surface area contributed by atoms with Gasteiger partial charge in [0.05, 0.1) is 28.4 Å². The Kier molecular flexibility index (Phi) is 8.12. The first-order valence-electron chi connectivity index (χ1n) is 14.4. The molecule has 1 aromatic heterocycles. The SMILES string of the molecule is CC(NC(=O)c1cn([C@@]2(C)CCN(C(=O)C3(F)CC3)C2)c(=O)cc1NC1CCN(C)CC1)c1cccc(C(F)F)c1F. The highest BCUT2D eigenvalue weighted by Crippen LogP contribution is 2.43. The summed E-state index contributed by atoms with van der Waals surface area (Å²) < 4.78 is 57.4. The van der Waals surface area contributed by atoms with Crippen molar-refractivity contribution in [2.24, 2.45) is 0 Å². The number of amides is 2. The van der Waals surface area contributed by atoms with Gasteiger partial charge in [0, 0.05) is 37.0 Å². The minimum absolute atomic E-state index is 0.00931. The van der Waals surface area contributed by atoms with Crippen LogP contribution in [0, 0.1) is 5.82 Å². The third kappa shape index (κ3) is 5.91. The van der Waals surface area contributed by atoms with E-state index in [0.29, 0.717) is 12.1 Å². The zero-order chi connectivity index (χ0) is 30.4. The fourth-order valence-electron chi connectivity index (χ4n) is 5.97. The van der Waals surface area contributed by atoms with Crippen LogP contribution in [0.1, 0.15) is 79.9 Å². The lowest BCUT2D eigenvalue weighted by molar-refractivity contribution is -0.137. The van der Waals surface area contributed by atoms with Gasteiger partial charge in [-0.3, -0.25) is 14.4 Å². The van der Waals surface area contributed by atoms with Crippen LogP contribution in [0.5, 0.6) is 0 Å². The van der Waals surface area contributed by atoms with Gasteiger partial charge in [0.1, 0.15) is 5.82 Å². The molecule has 5 rings (SSSR count). The molecule has 0 spiro atoms. The summed E-state index contributed by atoms with van der Waals surface area (Å²) in [4.78, 5) is 43.5. The van der Waals surface area contributed by atoms with Gasteiger partial charge >= 0.3 is 0 Å². The summed E-state index contributed by atoms with van der Waals surface area (Å²) in [5, 5.41) is 6.05. The van der Waals surface area contributed by atoms with Crippen LogP contribution in [0.4, 0.5) is 23.2 Å². The Morgan fingerprint density at radius 2 is 1.74 bits per heavy atom. The summed E-state index contributed by atoms with van der Waals surface area (Å²) in [5.74, 6) is -2.28. The molecule has 2 aromatic rings. The van der Waals surface area contributed by atoms with Crippen molar-refractivity contribution in [3.05, 3.63) is 63.3 Å². The van der Waals surface area contributed by atoms with Crippen molar-refractivity contribution in [2.45, 2.75) is 75.7 Å². The van der Waals surface area contributed by atoms with Crippen molar-refractivity contribution in [1.29, 1.82) is 0 Å². The quantitative estimate of drug-likeness (QED) is 0.446. The second kappa shape index (κ2) is 11.3. The maximum absolute atomic E-state index is 14.9. The summed E-state index contributed by atoms with van der Waals surface area (Å²) in [6.07, 6.45) is 0.792. The monoisotopic (exact) mass is 591 g/mol. The molecule has 1 aliphatic carbocycles. The second-order valence-electron chi connectivity index (χ2n) is 12.2. The number of hydrogen-bond acceptors (Lipinski definition) is 5. The Balaban J connectivity index is 1.45. The van der Waals surface area contributed by atoms with E-state index in [9.17, 15) is 31.9 Å². The third-order valence-electron chi connectivity index (χ3n) is 8.88. The molecule has 42 heavy (non-hydrogen) atoms. The van der Waals surface area contributed by atoms with Crippen LogP contribution in [-0.2, 0) is 10.3 Å². The lowest BCUT2D eigenvalue weighted by Crippen LogP contribution is -2.44. The molecule has 3 heterocycles. The van der Waals surface area contributed by atoms with Crippen molar-refractivity contribution in [3.63, 3.8) is 0 Å². The normalized spacial score (nSPS) is 23.2. The molecule has 8 nitrogen and oxygen atoms in total. The molecule has 3 aliphatic rings. The number of hydrogen-bond donors (Lipinski definition) is 2. The lowest BCUT2D eigenvalue weighted by Gasteiger charge is -2.32. The molecule has 1 saturated carbocycles. The summed E-state index contributed by atoms with van der Waals surface area (Å²) >= 11 is 0. The topological polar surface area (TPSA) is 86.7 Å². The summed E-state index contributed by atoms with van der Waals surface area (Å²) in [7, 11) is 2.02. The van der Waals surface area contributed by atoms with Crippen LogP contribution < -0.4 is 16.2 Å². The standard InChI is InChI=1S/C30H37F4N5O3/c1-18(20-5-4-6-21(25(20)31)26(32)33)35-27(41)22-16-39(24(40)15-23(22)36-19-7-12-37(3)13-8-19)29(2)11-14-38(17-29)28(42)30(34)9-10-30/h4-6,15-16,18-19,26,36H,7-14,17H2,1-3H3,(H,35,41)/t18?,29-/m0/s1. The first-order chi connectivity index (χ1) is 19.8. The number of pyridine rings is 1. The van der Waals surface area contributed by atoms with E-state index >= 15 is 0 Å². The molecule has 0 bridgehead atoms. The van der Waals surface area contributed by atoms with Crippen molar-refractivity contribution < 1.29 is 27.2 Å². The van der Waals surface area contributed by atoms with Crippen LogP contribution >= 0.6 is 0 Å². The number of alkyl halides is 3. The second-order valence-corrected chi connectivity index (χ2v) is 12.2. The maximum atomic E-state index is 14.9. The van der Waals surface area contributed by atoms with E-state index in [4.69, 9.17) is 0 Å². The highest BCUT2D eigenvalue weighted by Gasteiger charge is 2.55. The first kappa shape index (κ1) is 30.1. The minimum Gasteiger partial charge on any atom is -0.381 e. The molecule has 2 atom stereocenters. The highest BCUT2D eigenvalue weighted by molar-refractivity contribution is 5.99. The molecule has 2 aliphatic heterocycles. The van der Waals surface area contributed by atoms with Crippen molar-refractivity contribution >= 4 is 17.5 Å². The summed E-state index contributed by atoms with van der Waals surface area (Å²) in [5.41, 5.74) is -3.49. The Labute approximate surface area is 242 Å². The molecule has 0 radical (unpaired) electrons. The predicted molar refractivity (Wildman–Crippen MR) is 150 cm³/mol. The van der Waals surface area contributed by atoms with Gasteiger partial charge in [0.2, 0.25) is 0 Å². The van der Waals surface area contributed by atoms with Crippen molar-refractivity contribution in [2.75, 3.05) is 38.5 Å². The average Bonchev–Trinajstić information content (AvgIpc) is 3.57. The minimum atomic E-state index is -3.01. The van der Waals surface area contributed by atoms with Gasteiger partial charge in [-0.1, -0.05) is 18.2 Å². The van der Waals surface area contributed by atoms with Crippen LogP contribution in [0.25, 0.3) is 0 Å². The first-order valence-corrected chi connectivity index (χ1v) is 14.4.